The third-order valence-electron chi connectivity index (χ3n) is 2.89. The van der Waals surface area contributed by atoms with Gasteiger partial charge in [0.15, 0.2) is 0 Å². The third kappa shape index (κ3) is 5.03. The first-order chi connectivity index (χ1) is 10.5. The van der Waals surface area contributed by atoms with Crippen LogP contribution in [-0.4, -0.2) is 49.4 Å². The van der Waals surface area contributed by atoms with Crippen molar-refractivity contribution in [2.24, 2.45) is 0 Å². The molecule has 1 atom stereocenters. The Morgan fingerprint density at radius 2 is 2.22 bits per heavy atom. The first kappa shape index (κ1) is 19.1. The van der Waals surface area contributed by atoms with Gasteiger partial charge in [-0.2, -0.15) is 0 Å². The van der Waals surface area contributed by atoms with Crippen LogP contribution in [0.4, 0.5) is 11.5 Å². The number of carbonyl (C=O) groups is 1. The number of hydrogen-bond acceptors (Lipinski definition) is 5. The van der Waals surface area contributed by atoms with Crippen molar-refractivity contribution in [2.75, 3.05) is 17.7 Å². The number of aromatic nitrogens is 2. The maximum atomic E-state index is 12.0. The topological polar surface area (TPSA) is 113 Å². The van der Waals surface area contributed by atoms with Crippen LogP contribution in [0.3, 0.4) is 0 Å². The number of phenolic OH excluding ortho intramolecular Hbond substituents is 1. The molecule has 0 spiro atoms. The Bertz CT molecular complexity index is 718. The van der Waals surface area contributed by atoms with Crippen molar-refractivity contribution in [2.45, 2.75) is 6.54 Å². The first-order valence-electron chi connectivity index (χ1n) is 6.51. The van der Waals surface area contributed by atoms with E-state index in [1.165, 1.54) is 39.8 Å². The van der Waals surface area contributed by atoms with E-state index in [1.807, 2.05) is 0 Å². The van der Waals surface area contributed by atoms with Crippen LogP contribution in [0.2, 0.25) is 0 Å². The maximum absolute atomic E-state index is 12.0. The average molecular weight is 401 g/mol. The van der Waals surface area contributed by atoms with Gasteiger partial charge in [-0.05, 0) is 0 Å². The van der Waals surface area contributed by atoms with E-state index in [4.69, 9.17) is 10.8 Å². The number of aliphatic hydroxyl groups is 1. The molecule has 0 aliphatic rings. The van der Waals surface area contributed by atoms with Crippen LogP contribution in [0, 0.1) is 0 Å². The predicted molar refractivity (Wildman–Crippen MR) is 94.9 cm³/mol. The van der Waals surface area contributed by atoms with Gasteiger partial charge < -0.3 is 0 Å². The molecule has 7 nitrogen and oxygen atoms in total. The van der Waals surface area contributed by atoms with Gasteiger partial charge in [0.1, 0.15) is 0 Å². The number of rotatable bonds is 5. The van der Waals surface area contributed by atoms with E-state index < -0.39 is 0 Å². The first-order valence-corrected chi connectivity index (χ1v) is 7.72. The van der Waals surface area contributed by atoms with E-state index in [-0.39, 0.29) is 30.7 Å². The molecule has 1 amide bonds. The minimum atomic E-state index is -0.361. The molecule has 0 saturated heterocycles. The molecule has 0 radical (unpaired) electrons. The van der Waals surface area contributed by atoms with Crippen molar-refractivity contribution in [1.29, 1.82) is 0 Å². The Hall–Kier alpha value is -1.95. The number of nitrogen functional groups attached to an aromatic ring is 1. The Morgan fingerprint density at radius 1 is 1.48 bits per heavy atom. The predicted octanol–water partition coefficient (Wildman–Crippen LogP) is -0.505. The molecule has 0 fully saturated rings. The van der Waals surface area contributed by atoms with Crippen molar-refractivity contribution in [1.82, 2.24) is 9.78 Å². The molecule has 0 aliphatic carbocycles. The zero-order valence-corrected chi connectivity index (χ0v) is 15.4. The zero-order valence-electron chi connectivity index (χ0n) is 12.1. The summed E-state index contributed by atoms with van der Waals surface area (Å²) in [5.74, 6) is 0.240. The number of nitrogens with zero attached hydrogens (tertiary/aromatic N) is 2. The van der Waals surface area contributed by atoms with Crippen LogP contribution in [0.15, 0.2) is 30.5 Å². The summed E-state index contributed by atoms with van der Waals surface area (Å²) in [7, 11) is 0. The standard InChI is InChI=1S/C14H17AsN4O3.ClH/c15-11-8-17-19(5-6-20)14(11)18-13(22)4-1-9-7-10(16)2-3-12(9)21;/h1-4,7-8,20-21H,5-6,15-16H2,(H,18,22);1H/b4-1+;. The number of aliphatic hydroxyl groups excluding tert-OH is 1. The molecule has 5 N–H and O–H groups in total. The molecule has 2 aromatic rings. The van der Waals surface area contributed by atoms with Crippen molar-refractivity contribution in [3.8, 4) is 5.75 Å². The molecule has 9 heteroatoms. The van der Waals surface area contributed by atoms with Crippen LogP contribution in [-0.2, 0) is 11.3 Å². The van der Waals surface area contributed by atoms with Gasteiger partial charge in [0.05, 0.1) is 0 Å². The Balaban J connectivity index is 0.00000264. The van der Waals surface area contributed by atoms with Gasteiger partial charge in [-0.15, -0.1) is 12.4 Å². The van der Waals surface area contributed by atoms with Crippen LogP contribution in [0.5, 0.6) is 5.75 Å². The summed E-state index contributed by atoms with van der Waals surface area (Å²) in [6, 6.07) is 4.62. The molecular formula is C14H18AsClN4O3. The number of nitrogens with one attached hydrogen (secondary N) is 1. The Morgan fingerprint density at radius 3 is 2.91 bits per heavy atom. The molecule has 2 rings (SSSR count). The molecule has 1 unspecified atom stereocenters. The molecule has 1 heterocycles. The molecule has 23 heavy (non-hydrogen) atoms. The number of aromatic hydroxyl groups is 1. The molecule has 0 bridgehead atoms. The number of phenols is 1. The second-order valence-electron chi connectivity index (χ2n) is 4.54. The Labute approximate surface area is 148 Å². The van der Waals surface area contributed by atoms with Gasteiger partial charge in [0.25, 0.3) is 0 Å². The number of amides is 1. The fourth-order valence-corrected chi connectivity index (χ4v) is 2.44. The van der Waals surface area contributed by atoms with E-state index in [9.17, 15) is 9.90 Å². The summed E-state index contributed by atoms with van der Waals surface area (Å²) in [4.78, 5) is 12.0. The number of carbonyl (C=O) groups excluding carboxylic acids is 1. The minimum absolute atomic E-state index is 0. The van der Waals surface area contributed by atoms with Gasteiger partial charge in [-0.3, -0.25) is 0 Å². The summed E-state index contributed by atoms with van der Waals surface area (Å²) in [5.41, 5.74) is 6.59. The normalized spacial score (nSPS) is 10.5. The van der Waals surface area contributed by atoms with Gasteiger partial charge >= 0.3 is 135 Å². The van der Waals surface area contributed by atoms with Crippen molar-refractivity contribution in [3.05, 3.63) is 36.0 Å². The van der Waals surface area contributed by atoms with Gasteiger partial charge in [0.2, 0.25) is 0 Å². The number of hydrogen-bond donors (Lipinski definition) is 4. The van der Waals surface area contributed by atoms with Crippen molar-refractivity contribution >= 4 is 57.1 Å². The average Bonchev–Trinajstić information content (AvgIpc) is 2.82. The molecule has 0 saturated carbocycles. The number of benzene rings is 1. The second kappa shape index (κ2) is 8.62. The molecule has 1 aromatic carbocycles. The summed E-state index contributed by atoms with van der Waals surface area (Å²) in [6.07, 6.45) is 4.42. The quantitative estimate of drug-likeness (QED) is 0.234. The van der Waals surface area contributed by atoms with E-state index in [0.717, 1.165) is 4.35 Å². The monoisotopic (exact) mass is 400 g/mol. The summed E-state index contributed by atoms with van der Waals surface area (Å²) in [6.45, 7) is 0.239. The number of anilines is 2. The van der Waals surface area contributed by atoms with Crippen LogP contribution >= 0.6 is 12.4 Å². The summed E-state index contributed by atoms with van der Waals surface area (Å²) >= 11 is 1.32. The molecular weight excluding hydrogens is 383 g/mol. The SMILES string of the molecule is Cl.Nc1ccc(O)c(/C=C/C(=O)Nc2c([AsH2])cnn2CCO)c1. The van der Waals surface area contributed by atoms with E-state index in [2.05, 4.69) is 10.4 Å². The van der Waals surface area contributed by atoms with E-state index >= 15 is 0 Å². The van der Waals surface area contributed by atoms with Gasteiger partial charge in [0, 0.05) is 0 Å². The zero-order chi connectivity index (χ0) is 16.1. The number of halogens is 1. The van der Waals surface area contributed by atoms with Gasteiger partial charge in [-0.1, -0.05) is 0 Å². The summed E-state index contributed by atoms with van der Waals surface area (Å²) < 4.78 is 2.38. The molecule has 1 aromatic heterocycles. The number of nitrogens with two attached hydrogens (primary N) is 1. The molecule has 124 valence electrons. The third-order valence-corrected chi connectivity index (χ3v) is 3.77. The second-order valence-corrected chi connectivity index (χ2v) is 5.84. The molecule has 0 aliphatic heterocycles. The summed E-state index contributed by atoms with van der Waals surface area (Å²) in [5, 5.41) is 25.5. The van der Waals surface area contributed by atoms with Crippen LogP contribution < -0.4 is 15.4 Å². The fraction of sp³-hybridized carbons (Fsp3) is 0.143. The van der Waals surface area contributed by atoms with Crippen molar-refractivity contribution < 1.29 is 15.0 Å². The van der Waals surface area contributed by atoms with E-state index in [0.29, 0.717) is 23.6 Å². The van der Waals surface area contributed by atoms with Crippen LogP contribution in [0.1, 0.15) is 5.56 Å². The van der Waals surface area contributed by atoms with Crippen LogP contribution in [0.25, 0.3) is 6.08 Å². The van der Waals surface area contributed by atoms with Crippen molar-refractivity contribution in [3.63, 3.8) is 0 Å². The van der Waals surface area contributed by atoms with E-state index in [1.54, 1.807) is 18.3 Å². The Kier molecular flexibility index (Phi) is 7.16. The van der Waals surface area contributed by atoms with Gasteiger partial charge in [-0.25, -0.2) is 0 Å². The fourth-order valence-electron chi connectivity index (χ4n) is 1.83.